The van der Waals surface area contributed by atoms with Gasteiger partial charge in [0.25, 0.3) is 0 Å². The summed E-state index contributed by atoms with van der Waals surface area (Å²) in [6.45, 7) is 4.44. The van der Waals surface area contributed by atoms with Crippen molar-refractivity contribution in [2.24, 2.45) is 0 Å². The molecule has 0 aromatic heterocycles. The van der Waals surface area contributed by atoms with Crippen LogP contribution >= 0.6 is 0 Å². The van der Waals surface area contributed by atoms with Gasteiger partial charge >= 0.3 is 0 Å². The second-order valence-electron chi connectivity index (χ2n) is 5.00. The maximum atomic E-state index is 9.10. The number of hydrogen-bond donors (Lipinski definition) is 3. The third kappa shape index (κ3) is 3.31. The van der Waals surface area contributed by atoms with Crippen LogP contribution < -0.4 is 10.6 Å². The first kappa shape index (κ1) is 13.5. The number of fused-ring (bicyclic) bond motifs is 1. The van der Waals surface area contributed by atoms with Crippen LogP contribution in [-0.2, 0) is 6.54 Å². The highest BCUT2D eigenvalue weighted by atomic mass is 16.3. The van der Waals surface area contributed by atoms with Crippen molar-refractivity contribution in [1.29, 1.82) is 0 Å². The summed E-state index contributed by atoms with van der Waals surface area (Å²) in [5.41, 5.74) is 2.81. The van der Waals surface area contributed by atoms with Gasteiger partial charge in [0.15, 0.2) is 0 Å². The molecule has 0 bridgehead atoms. The molecule has 0 amide bonds. The predicted octanol–water partition coefficient (Wildman–Crippen LogP) is 1.97. The molecule has 18 heavy (non-hydrogen) atoms. The maximum Gasteiger partial charge on any atom is 0.0445 e. The molecule has 0 spiro atoms. The molecule has 0 aliphatic carbocycles. The SMILES string of the molecule is CCC(CCO)NC1CCNCc2ccccc21. The third-order valence-electron chi connectivity index (χ3n) is 3.76. The fourth-order valence-electron chi connectivity index (χ4n) is 2.68. The summed E-state index contributed by atoms with van der Waals surface area (Å²) in [6, 6.07) is 9.47. The molecule has 0 saturated heterocycles. The van der Waals surface area contributed by atoms with Gasteiger partial charge in [0.2, 0.25) is 0 Å². The first-order chi connectivity index (χ1) is 8.85. The van der Waals surface area contributed by atoms with Gasteiger partial charge in [-0.2, -0.15) is 0 Å². The molecule has 2 atom stereocenters. The fraction of sp³-hybridized carbons (Fsp3) is 0.600. The number of aliphatic hydroxyl groups excluding tert-OH is 1. The average molecular weight is 248 g/mol. The van der Waals surface area contributed by atoms with Crippen molar-refractivity contribution in [1.82, 2.24) is 10.6 Å². The summed E-state index contributed by atoms with van der Waals surface area (Å²) in [6.07, 6.45) is 3.01. The molecule has 1 aliphatic rings. The normalized spacial score (nSPS) is 21.1. The van der Waals surface area contributed by atoms with Gasteiger partial charge in [-0.25, -0.2) is 0 Å². The Kier molecular flexibility index (Phi) is 5.17. The van der Waals surface area contributed by atoms with E-state index in [1.807, 2.05) is 0 Å². The van der Waals surface area contributed by atoms with Crippen LogP contribution in [0.1, 0.15) is 43.4 Å². The summed E-state index contributed by atoms with van der Waals surface area (Å²) < 4.78 is 0. The van der Waals surface area contributed by atoms with E-state index in [4.69, 9.17) is 5.11 Å². The van der Waals surface area contributed by atoms with Crippen LogP contribution in [-0.4, -0.2) is 24.3 Å². The quantitative estimate of drug-likeness (QED) is 0.746. The second-order valence-corrected chi connectivity index (χ2v) is 5.00. The monoisotopic (exact) mass is 248 g/mol. The first-order valence-electron chi connectivity index (χ1n) is 7.00. The molecule has 0 saturated carbocycles. The lowest BCUT2D eigenvalue weighted by Gasteiger charge is -2.25. The van der Waals surface area contributed by atoms with Gasteiger partial charge in [0.1, 0.15) is 0 Å². The Morgan fingerprint density at radius 3 is 3.06 bits per heavy atom. The lowest BCUT2D eigenvalue weighted by Crippen LogP contribution is -2.34. The molecule has 3 heteroatoms. The average Bonchev–Trinajstić information content (AvgIpc) is 2.61. The molecule has 0 fully saturated rings. The molecule has 0 radical (unpaired) electrons. The highest BCUT2D eigenvalue weighted by Gasteiger charge is 2.20. The van der Waals surface area contributed by atoms with Gasteiger partial charge in [-0.05, 0) is 36.9 Å². The third-order valence-corrected chi connectivity index (χ3v) is 3.76. The zero-order valence-electron chi connectivity index (χ0n) is 11.2. The van der Waals surface area contributed by atoms with E-state index in [2.05, 4.69) is 41.8 Å². The summed E-state index contributed by atoms with van der Waals surface area (Å²) in [5.74, 6) is 0. The molecule has 1 aromatic carbocycles. The van der Waals surface area contributed by atoms with Crippen LogP contribution in [0.4, 0.5) is 0 Å². The summed E-state index contributed by atoms with van der Waals surface area (Å²) in [5, 5.41) is 16.3. The highest BCUT2D eigenvalue weighted by molar-refractivity contribution is 5.31. The van der Waals surface area contributed by atoms with Gasteiger partial charge in [-0.3, -0.25) is 0 Å². The summed E-state index contributed by atoms with van der Waals surface area (Å²) in [7, 11) is 0. The number of aliphatic hydroxyl groups is 1. The number of hydrogen-bond acceptors (Lipinski definition) is 3. The Bertz CT molecular complexity index is 367. The molecule has 1 aromatic rings. The van der Waals surface area contributed by atoms with Gasteiger partial charge in [0, 0.05) is 25.2 Å². The van der Waals surface area contributed by atoms with Crippen molar-refractivity contribution in [3.05, 3.63) is 35.4 Å². The van der Waals surface area contributed by atoms with E-state index in [9.17, 15) is 0 Å². The summed E-state index contributed by atoms with van der Waals surface area (Å²) >= 11 is 0. The molecule has 1 aliphatic heterocycles. The molecule has 2 unspecified atom stereocenters. The van der Waals surface area contributed by atoms with Crippen LogP contribution in [0.15, 0.2) is 24.3 Å². The van der Waals surface area contributed by atoms with Crippen molar-refractivity contribution in [3.8, 4) is 0 Å². The van der Waals surface area contributed by atoms with Crippen molar-refractivity contribution in [3.63, 3.8) is 0 Å². The van der Waals surface area contributed by atoms with Crippen molar-refractivity contribution in [2.45, 2.75) is 44.8 Å². The zero-order valence-corrected chi connectivity index (χ0v) is 11.2. The number of rotatable bonds is 5. The Hall–Kier alpha value is -0.900. The largest absolute Gasteiger partial charge is 0.396 e. The van der Waals surface area contributed by atoms with Crippen LogP contribution in [0.3, 0.4) is 0 Å². The van der Waals surface area contributed by atoms with E-state index in [-0.39, 0.29) is 6.61 Å². The lowest BCUT2D eigenvalue weighted by molar-refractivity contribution is 0.254. The Morgan fingerprint density at radius 2 is 2.28 bits per heavy atom. The Balaban J connectivity index is 2.12. The first-order valence-corrected chi connectivity index (χ1v) is 7.00. The standard InChI is InChI=1S/C15H24N2O/c1-2-13(8-10-18)17-15-7-9-16-11-12-5-3-4-6-14(12)15/h3-6,13,15-18H,2,7-11H2,1H3. The lowest BCUT2D eigenvalue weighted by atomic mass is 9.97. The van der Waals surface area contributed by atoms with E-state index in [1.54, 1.807) is 0 Å². The van der Waals surface area contributed by atoms with E-state index < -0.39 is 0 Å². The van der Waals surface area contributed by atoms with E-state index in [1.165, 1.54) is 11.1 Å². The van der Waals surface area contributed by atoms with Gasteiger partial charge in [-0.15, -0.1) is 0 Å². The van der Waals surface area contributed by atoms with Crippen LogP contribution in [0, 0.1) is 0 Å². The Labute approximate surface area is 110 Å². The van der Waals surface area contributed by atoms with E-state index in [0.29, 0.717) is 12.1 Å². The second kappa shape index (κ2) is 6.88. The van der Waals surface area contributed by atoms with Crippen molar-refractivity contribution < 1.29 is 5.11 Å². The van der Waals surface area contributed by atoms with Crippen LogP contribution in [0.5, 0.6) is 0 Å². The molecular weight excluding hydrogens is 224 g/mol. The van der Waals surface area contributed by atoms with E-state index in [0.717, 1.165) is 32.4 Å². The minimum Gasteiger partial charge on any atom is -0.396 e. The molecule has 2 rings (SSSR count). The topological polar surface area (TPSA) is 44.3 Å². The minimum absolute atomic E-state index is 0.262. The molecule has 1 heterocycles. The van der Waals surface area contributed by atoms with Crippen LogP contribution in [0.2, 0.25) is 0 Å². The highest BCUT2D eigenvalue weighted by Crippen LogP contribution is 2.24. The maximum absolute atomic E-state index is 9.10. The van der Waals surface area contributed by atoms with Gasteiger partial charge < -0.3 is 15.7 Å². The molecule has 3 N–H and O–H groups in total. The van der Waals surface area contributed by atoms with Gasteiger partial charge in [0.05, 0.1) is 0 Å². The van der Waals surface area contributed by atoms with Crippen LogP contribution in [0.25, 0.3) is 0 Å². The number of benzene rings is 1. The Morgan fingerprint density at radius 1 is 1.44 bits per heavy atom. The molecular formula is C15H24N2O. The predicted molar refractivity (Wildman–Crippen MR) is 74.4 cm³/mol. The zero-order chi connectivity index (χ0) is 12.8. The summed E-state index contributed by atoms with van der Waals surface area (Å²) in [4.78, 5) is 0. The molecule has 100 valence electrons. The number of nitrogens with one attached hydrogen (secondary N) is 2. The fourth-order valence-corrected chi connectivity index (χ4v) is 2.68. The molecule has 3 nitrogen and oxygen atoms in total. The minimum atomic E-state index is 0.262. The van der Waals surface area contributed by atoms with Crippen molar-refractivity contribution >= 4 is 0 Å². The smallest absolute Gasteiger partial charge is 0.0445 e. The van der Waals surface area contributed by atoms with E-state index >= 15 is 0 Å². The van der Waals surface area contributed by atoms with Crippen molar-refractivity contribution in [2.75, 3.05) is 13.2 Å². The van der Waals surface area contributed by atoms with Gasteiger partial charge in [-0.1, -0.05) is 31.2 Å².